The van der Waals surface area contributed by atoms with Gasteiger partial charge < -0.3 is 15.2 Å². The number of pyridine rings is 1. The van der Waals surface area contributed by atoms with Gasteiger partial charge in [0.25, 0.3) is 5.91 Å². The molecule has 30 heavy (non-hydrogen) atoms. The second-order valence-electron chi connectivity index (χ2n) is 7.54. The van der Waals surface area contributed by atoms with E-state index in [1.165, 1.54) is 5.56 Å². The molecule has 7 nitrogen and oxygen atoms in total. The van der Waals surface area contributed by atoms with Crippen molar-refractivity contribution in [3.8, 4) is 0 Å². The van der Waals surface area contributed by atoms with Crippen molar-refractivity contribution in [2.75, 3.05) is 23.3 Å². The van der Waals surface area contributed by atoms with Crippen LogP contribution < -0.4 is 10.2 Å². The zero-order valence-electron chi connectivity index (χ0n) is 16.5. The first kappa shape index (κ1) is 18.3. The Morgan fingerprint density at radius 1 is 1.17 bits per heavy atom. The van der Waals surface area contributed by atoms with Crippen LogP contribution in [0.4, 0.5) is 11.5 Å². The van der Waals surface area contributed by atoms with Crippen LogP contribution in [-0.4, -0.2) is 38.9 Å². The van der Waals surface area contributed by atoms with Gasteiger partial charge in [0.05, 0.1) is 10.9 Å². The van der Waals surface area contributed by atoms with Crippen LogP contribution in [0, 0.1) is 0 Å². The topological polar surface area (TPSA) is 86.8 Å². The van der Waals surface area contributed by atoms with Crippen LogP contribution in [-0.2, 0) is 0 Å². The van der Waals surface area contributed by atoms with Crippen molar-refractivity contribution in [2.45, 2.75) is 18.8 Å². The van der Waals surface area contributed by atoms with Crippen LogP contribution in [0.25, 0.3) is 11.0 Å². The van der Waals surface area contributed by atoms with Gasteiger partial charge in [-0.05, 0) is 48.7 Å². The molecular weight excluding hydrogens is 376 g/mol. The van der Waals surface area contributed by atoms with E-state index in [0.717, 1.165) is 48.5 Å². The molecule has 2 N–H and O–H groups in total. The quantitative estimate of drug-likeness (QED) is 0.543. The van der Waals surface area contributed by atoms with Crippen LogP contribution in [0.5, 0.6) is 0 Å². The van der Waals surface area contributed by atoms with Crippen LogP contribution in [0.1, 0.15) is 34.7 Å². The minimum absolute atomic E-state index is 0.152. The van der Waals surface area contributed by atoms with Gasteiger partial charge in [0.15, 0.2) is 0 Å². The van der Waals surface area contributed by atoms with Crippen molar-refractivity contribution in [1.29, 1.82) is 0 Å². The SMILES string of the molecule is O=C(Nc1cccc([C@H]2CCCN(c3ncnc4[nH]ccc34)C2)c1)c1cccnc1. The molecule has 7 heteroatoms. The molecule has 1 aliphatic rings. The second kappa shape index (κ2) is 7.94. The van der Waals surface area contributed by atoms with Crippen molar-refractivity contribution in [2.24, 2.45) is 0 Å². The molecule has 150 valence electrons. The molecule has 1 saturated heterocycles. The number of aromatic amines is 1. The highest BCUT2D eigenvalue weighted by molar-refractivity contribution is 6.04. The molecule has 0 spiro atoms. The Kier molecular flexibility index (Phi) is 4.85. The lowest BCUT2D eigenvalue weighted by molar-refractivity contribution is 0.102. The fourth-order valence-corrected chi connectivity index (χ4v) is 4.12. The molecule has 5 rings (SSSR count). The molecule has 0 unspecified atom stereocenters. The third kappa shape index (κ3) is 3.61. The van der Waals surface area contributed by atoms with E-state index in [-0.39, 0.29) is 5.91 Å². The predicted molar refractivity (Wildman–Crippen MR) is 117 cm³/mol. The predicted octanol–water partition coefficient (Wildman–Crippen LogP) is 3.99. The van der Waals surface area contributed by atoms with Gasteiger partial charge in [-0.1, -0.05) is 12.1 Å². The minimum Gasteiger partial charge on any atom is -0.355 e. The highest BCUT2D eigenvalue weighted by Crippen LogP contribution is 2.32. The molecule has 0 radical (unpaired) electrons. The number of hydrogen-bond acceptors (Lipinski definition) is 5. The van der Waals surface area contributed by atoms with Crippen molar-refractivity contribution < 1.29 is 4.79 Å². The third-order valence-corrected chi connectivity index (χ3v) is 5.59. The van der Waals surface area contributed by atoms with Gasteiger partial charge in [0, 0.05) is 43.3 Å². The fourth-order valence-electron chi connectivity index (χ4n) is 4.12. The number of fused-ring (bicyclic) bond motifs is 1. The zero-order valence-corrected chi connectivity index (χ0v) is 16.5. The average molecular weight is 398 g/mol. The van der Waals surface area contributed by atoms with Crippen molar-refractivity contribution in [1.82, 2.24) is 19.9 Å². The van der Waals surface area contributed by atoms with Gasteiger partial charge in [-0.3, -0.25) is 9.78 Å². The number of hydrogen-bond donors (Lipinski definition) is 2. The lowest BCUT2D eigenvalue weighted by Crippen LogP contribution is -2.35. The number of rotatable bonds is 4. The Bertz CT molecular complexity index is 1170. The highest BCUT2D eigenvalue weighted by atomic mass is 16.1. The molecule has 4 aromatic rings. The van der Waals surface area contributed by atoms with Crippen LogP contribution in [0.15, 0.2) is 67.4 Å². The van der Waals surface area contributed by atoms with E-state index in [1.807, 2.05) is 24.4 Å². The summed E-state index contributed by atoms with van der Waals surface area (Å²) in [7, 11) is 0. The molecule has 1 fully saturated rings. The normalized spacial score (nSPS) is 16.5. The standard InChI is InChI=1S/C23H22N6O/c30-23(17-5-2-9-24-13-17)28-19-7-1-4-16(12-19)18-6-3-11-29(14-18)22-20-8-10-25-21(20)26-15-27-22/h1-2,4-5,7-10,12-13,15,18H,3,6,11,14H2,(H,28,30)(H,25,26,27)/t18-/m0/s1. The summed E-state index contributed by atoms with van der Waals surface area (Å²) in [5.41, 5.74) is 3.44. The summed E-state index contributed by atoms with van der Waals surface area (Å²) in [6.07, 6.45) is 8.95. The summed E-state index contributed by atoms with van der Waals surface area (Å²) in [6.45, 7) is 1.86. The third-order valence-electron chi connectivity index (χ3n) is 5.59. The van der Waals surface area contributed by atoms with Gasteiger partial charge in [0.1, 0.15) is 17.8 Å². The van der Waals surface area contributed by atoms with Gasteiger partial charge in [-0.15, -0.1) is 0 Å². The Morgan fingerprint density at radius 2 is 2.13 bits per heavy atom. The van der Waals surface area contributed by atoms with E-state index in [2.05, 4.69) is 42.3 Å². The van der Waals surface area contributed by atoms with Gasteiger partial charge in [0.2, 0.25) is 0 Å². The Hall–Kier alpha value is -3.74. The summed E-state index contributed by atoms with van der Waals surface area (Å²) in [5, 5.41) is 4.04. The first-order valence-corrected chi connectivity index (χ1v) is 10.1. The van der Waals surface area contributed by atoms with E-state index in [0.29, 0.717) is 11.5 Å². The molecule has 1 aliphatic heterocycles. The van der Waals surface area contributed by atoms with Gasteiger partial charge in [-0.25, -0.2) is 9.97 Å². The maximum absolute atomic E-state index is 12.5. The van der Waals surface area contributed by atoms with Gasteiger partial charge >= 0.3 is 0 Å². The lowest BCUT2D eigenvalue weighted by Gasteiger charge is -2.34. The molecule has 1 amide bonds. The largest absolute Gasteiger partial charge is 0.355 e. The number of piperidine rings is 1. The van der Waals surface area contributed by atoms with E-state index >= 15 is 0 Å². The number of anilines is 2. The van der Waals surface area contributed by atoms with Crippen LogP contribution in [0.3, 0.4) is 0 Å². The number of carbonyl (C=O) groups excluding carboxylic acids is 1. The molecule has 0 bridgehead atoms. The van der Waals surface area contributed by atoms with E-state index in [1.54, 1.807) is 30.9 Å². The first-order valence-electron chi connectivity index (χ1n) is 10.1. The number of aromatic nitrogens is 4. The second-order valence-corrected chi connectivity index (χ2v) is 7.54. The maximum atomic E-state index is 12.5. The molecule has 1 aromatic carbocycles. The number of nitrogens with one attached hydrogen (secondary N) is 2. The van der Waals surface area contributed by atoms with Crippen LogP contribution >= 0.6 is 0 Å². The number of benzene rings is 1. The molecular formula is C23H22N6O. The number of carbonyl (C=O) groups is 1. The van der Waals surface area contributed by atoms with E-state index in [4.69, 9.17) is 0 Å². The molecule has 4 heterocycles. The van der Waals surface area contributed by atoms with Crippen molar-refractivity contribution in [3.05, 3.63) is 78.5 Å². The van der Waals surface area contributed by atoms with Crippen molar-refractivity contribution in [3.63, 3.8) is 0 Å². The summed E-state index contributed by atoms with van der Waals surface area (Å²) < 4.78 is 0. The van der Waals surface area contributed by atoms with E-state index in [9.17, 15) is 4.79 Å². The summed E-state index contributed by atoms with van der Waals surface area (Å²) in [5.74, 6) is 1.20. The highest BCUT2D eigenvalue weighted by Gasteiger charge is 2.24. The van der Waals surface area contributed by atoms with Gasteiger partial charge in [-0.2, -0.15) is 0 Å². The number of amides is 1. The Labute approximate surface area is 174 Å². The Balaban J connectivity index is 1.35. The monoisotopic (exact) mass is 398 g/mol. The maximum Gasteiger partial charge on any atom is 0.257 e. The number of nitrogens with zero attached hydrogens (tertiary/aromatic N) is 4. The smallest absolute Gasteiger partial charge is 0.257 e. The molecule has 0 aliphatic carbocycles. The first-order chi connectivity index (χ1) is 14.8. The molecule has 1 atom stereocenters. The van der Waals surface area contributed by atoms with E-state index < -0.39 is 0 Å². The van der Waals surface area contributed by atoms with Crippen LogP contribution in [0.2, 0.25) is 0 Å². The molecule has 3 aromatic heterocycles. The van der Waals surface area contributed by atoms with Crippen molar-refractivity contribution >= 4 is 28.4 Å². The lowest BCUT2D eigenvalue weighted by atomic mass is 9.90. The average Bonchev–Trinajstić information content (AvgIpc) is 3.29. The summed E-state index contributed by atoms with van der Waals surface area (Å²) in [4.78, 5) is 30.8. The zero-order chi connectivity index (χ0) is 20.3. The summed E-state index contributed by atoms with van der Waals surface area (Å²) >= 11 is 0. The Morgan fingerprint density at radius 3 is 3.03 bits per heavy atom. The molecule has 0 saturated carbocycles. The summed E-state index contributed by atoms with van der Waals surface area (Å²) in [6, 6.07) is 13.7. The fraction of sp³-hybridized carbons (Fsp3) is 0.217. The number of H-pyrrole nitrogens is 1. The minimum atomic E-state index is -0.152.